The van der Waals surface area contributed by atoms with Gasteiger partial charge in [-0.1, -0.05) is 17.8 Å². The number of carbonyl (C=O) groups excluding carboxylic acids is 1. The first-order chi connectivity index (χ1) is 13.9. The Kier molecular flexibility index (Phi) is 6.44. The van der Waals surface area contributed by atoms with Crippen molar-refractivity contribution in [1.29, 1.82) is 0 Å². The first-order valence-electron chi connectivity index (χ1n) is 9.17. The maximum absolute atomic E-state index is 13.0. The Balaban J connectivity index is 1.88. The van der Waals surface area contributed by atoms with Crippen molar-refractivity contribution < 1.29 is 14.3 Å². The standard InChI is InChI=1S/C23H24N2O3S/c1-14-8-9-17(11-15(14)2)29-23-18(7-6-10-24-23)22(26)25-19-13-21(28-5)20(27-4)12-16(19)3/h6-13H,1-5H3,(H,25,26). The van der Waals surface area contributed by atoms with E-state index in [1.807, 2.05) is 19.1 Å². The summed E-state index contributed by atoms with van der Waals surface area (Å²) in [4.78, 5) is 18.5. The number of rotatable bonds is 6. The van der Waals surface area contributed by atoms with Crippen molar-refractivity contribution in [3.8, 4) is 11.5 Å². The van der Waals surface area contributed by atoms with E-state index in [1.165, 1.54) is 22.9 Å². The first kappa shape index (κ1) is 20.7. The molecule has 1 N–H and O–H groups in total. The second-order valence-electron chi connectivity index (χ2n) is 6.68. The van der Waals surface area contributed by atoms with Crippen molar-refractivity contribution in [2.24, 2.45) is 0 Å². The van der Waals surface area contributed by atoms with Gasteiger partial charge in [0.1, 0.15) is 5.03 Å². The van der Waals surface area contributed by atoms with Crippen LogP contribution in [0.2, 0.25) is 0 Å². The lowest BCUT2D eigenvalue weighted by Gasteiger charge is -2.14. The fourth-order valence-corrected chi connectivity index (χ4v) is 3.82. The third-order valence-corrected chi connectivity index (χ3v) is 5.70. The molecule has 2 aromatic carbocycles. The fourth-order valence-electron chi connectivity index (χ4n) is 2.84. The third-order valence-electron chi connectivity index (χ3n) is 4.69. The molecule has 0 saturated carbocycles. The third kappa shape index (κ3) is 4.71. The van der Waals surface area contributed by atoms with Gasteiger partial charge in [-0.15, -0.1) is 0 Å². The molecule has 6 heteroatoms. The fraction of sp³-hybridized carbons (Fsp3) is 0.217. The Labute approximate surface area is 175 Å². The van der Waals surface area contributed by atoms with Gasteiger partial charge in [-0.25, -0.2) is 4.98 Å². The molecular weight excluding hydrogens is 384 g/mol. The lowest BCUT2D eigenvalue weighted by Crippen LogP contribution is -2.14. The van der Waals surface area contributed by atoms with Crippen LogP contribution in [0, 0.1) is 20.8 Å². The van der Waals surface area contributed by atoms with Crippen LogP contribution in [0.4, 0.5) is 5.69 Å². The quantitative estimate of drug-likeness (QED) is 0.589. The molecule has 0 aliphatic heterocycles. The number of nitrogens with zero attached hydrogens (tertiary/aromatic N) is 1. The summed E-state index contributed by atoms with van der Waals surface area (Å²) in [6.45, 7) is 6.06. The van der Waals surface area contributed by atoms with Gasteiger partial charge in [0, 0.05) is 22.8 Å². The smallest absolute Gasteiger partial charge is 0.258 e. The van der Waals surface area contributed by atoms with Crippen LogP contribution < -0.4 is 14.8 Å². The minimum absolute atomic E-state index is 0.222. The molecule has 0 spiro atoms. The van der Waals surface area contributed by atoms with E-state index >= 15 is 0 Å². The molecule has 1 amide bonds. The van der Waals surface area contributed by atoms with Crippen molar-refractivity contribution in [3.05, 3.63) is 70.9 Å². The molecule has 0 saturated heterocycles. The maximum Gasteiger partial charge on any atom is 0.258 e. The first-order valence-corrected chi connectivity index (χ1v) is 9.98. The minimum atomic E-state index is -0.222. The number of methoxy groups -OCH3 is 2. The molecule has 1 heterocycles. The molecule has 5 nitrogen and oxygen atoms in total. The van der Waals surface area contributed by atoms with Crippen LogP contribution >= 0.6 is 11.8 Å². The maximum atomic E-state index is 13.0. The topological polar surface area (TPSA) is 60.5 Å². The van der Waals surface area contributed by atoms with E-state index < -0.39 is 0 Å². The SMILES string of the molecule is COc1cc(C)c(NC(=O)c2cccnc2Sc2ccc(C)c(C)c2)cc1OC. The molecule has 1 aromatic heterocycles. The van der Waals surface area contributed by atoms with Crippen LogP contribution in [0.5, 0.6) is 11.5 Å². The summed E-state index contributed by atoms with van der Waals surface area (Å²) in [7, 11) is 3.15. The van der Waals surface area contributed by atoms with E-state index in [0.29, 0.717) is 27.8 Å². The van der Waals surface area contributed by atoms with Crippen molar-refractivity contribution in [2.45, 2.75) is 30.7 Å². The van der Waals surface area contributed by atoms with Gasteiger partial charge in [0.2, 0.25) is 0 Å². The summed E-state index contributed by atoms with van der Waals surface area (Å²) in [6, 6.07) is 13.4. The summed E-state index contributed by atoms with van der Waals surface area (Å²) >= 11 is 1.48. The van der Waals surface area contributed by atoms with E-state index in [2.05, 4.69) is 36.3 Å². The molecule has 150 valence electrons. The highest BCUT2D eigenvalue weighted by Crippen LogP contribution is 2.34. The molecule has 0 bridgehead atoms. The van der Waals surface area contributed by atoms with Crippen molar-refractivity contribution >= 4 is 23.4 Å². The monoisotopic (exact) mass is 408 g/mol. The van der Waals surface area contributed by atoms with Crippen LogP contribution in [-0.2, 0) is 0 Å². The van der Waals surface area contributed by atoms with E-state index in [0.717, 1.165) is 10.5 Å². The minimum Gasteiger partial charge on any atom is -0.493 e. The Morgan fingerprint density at radius 2 is 1.66 bits per heavy atom. The Morgan fingerprint density at radius 3 is 2.34 bits per heavy atom. The lowest BCUT2D eigenvalue weighted by molar-refractivity contribution is 0.102. The van der Waals surface area contributed by atoms with Gasteiger partial charge in [-0.3, -0.25) is 4.79 Å². The van der Waals surface area contributed by atoms with Crippen LogP contribution in [-0.4, -0.2) is 25.1 Å². The van der Waals surface area contributed by atoms with Crippen molar-refractivity contribution in [2.75, 3.05) is 19.5 Å². The number of anilines is 1. The number of ether oxygens (including phenoxy) is 2. The average molecular weight is 409 g/mol. The number of benzene rings is 2. The zero-order valence-electron chi connectivity index (χ0n) is 17.2. The number of hydrogen-bond donors (Lipinski definition) is 1. The molecule has 0 radical (unpaired) electrons. The molecule has 0 fully saturated rings. The molecule has 0 atom stereocenters. The van der Waals surface area contributed by atoms with Gasteiger partial charge in [0.15, 0.2) is 11.5 Å². The van der Waals surface area contributed by atoms with Crippen LogP contribution in [0.1, 0.15) is 27.0 Å². The van der Waals surface area contributed by atoms with Crippen LogP contribution in [0.15, 0.2) is 58.6 Å². The number of hydrogen-bond acceptors (Lipinski definition) is 5. The zero-order valence-corrected chi connectivity index (χ0v) is 18.0. The molecule has 0 aliphatic carbocycles. The van der Waals surface area contributed by atoms with E-state index in [4.69, 9.17) is 9.47 Å². The lowest BCUT2D eigenvalue weighted by atomic mass is 10.1. The number of pyridine rings is 1. The number of carbonyl (C=O) groups is 1. The highest BCUT2D eigenvalue weighted by Gasteiger charge is 2.16. The van der Waals surface area contributed by atoms with Gasteiger partial charge in [-0.2, -0.15) is 0 Å². The Bertz CT molecular complexity index is 1050. The summed E-state index contributed by atoms with van der Waals surface area (Å²) in [5.41, 5.74) is 4.50. The van der Waals surface area contributed by atoms with E-state index in [1.54, 1.807) is 38.6 Å². The van der Waals surface area contributed by atoms with Crippen LogP contribution in [0.3, 0.4) is 0 Å². The summed E-state index contributed by atoms with van der Waals surface area (Å²) in [6.07, 6.45) is 1.70. The predicted octanol–water partition coefficient (Wildman–Crippen LogP) is 5.43. The van der Waals surface area contributed by atoms with Gasteiger partial charge in [-0.05, 0) is 67.8 Å². The number of amides is 1. The highest BCUT2D eigenvalue weighted by atomic mass is 32.2. The van der Waals surface area contributed by atoms with Crippen LogP contribution in [0.25, 0.3) is 0 Å². The molecule has 29 heavy (non-hydrogen) atoms. The van der Waals surface area contributed by atoms with E-state index in [9.17, 15) is 4.79 Å². The Hall–Kier alpha value is -2.99. The second kappa shape index (κ2) is 9.01. The van der Waals surface area contributed by atoms with E-state index in [-0.39, 0.29) is 5.91 Å². The summed E-state index contributed by atoms with van der Waals surface area (Å²) in [5.74, 6) is 0.958. The van der Waals surface area contributed by atoms with Crippen molar-refractivity contribution in [3.63, 3.8) is 0 Å². The van der Waals surface area contributed by atoms with Gasteiger partial charge in [0.05, 0.1) is 19.8 Å². The zero-order chi connectivity index (χ0) is 21.0. The Morgan fingerprint density at radius 1 is 0.931 bits per heavy atom. The number of aryl methyl sites for hydroxylation is 3. The van der Waals surface area contributed by atoms with Gasteiger partial charge >= 0.3 is 0 Å². The van der Waals surface area contributed by atoms with Crippen molar-refractivity contribution in [1.82, 2.24) is 4.98 Å². The summed E-state index contributed by atoms with van der Waals surface area (Å²) < 4.78 is 10.7. The average Bonchev–Trinajstić information content (AvgIpc) is 2.72. The number of aromatic nitrogens is 1. The largest absolute Gasteiger partial charge is 0.493 e. The van der Waals surface area contributed by atoms with Gasteiger partial charge in [0.25, 0.3) is 5.91 Å². The molecule has 3 rings (SSSR count). The molecule has 0 aliphatic rings. The predicted molar refractivity (Wildman–Crippen MR) is 117 cm³/mol. The summed E-state index contributed by atoms with van der Waals surface area (Å²) in [5, 5.41) is 3.63. The highest BCUT2D eigenvalue weighted by molar-refractivity contribution is 7.99. The second-order valence-corrected chi connectivity index (χ2v) is 7.74. The van der Waals surface area contributed by atoms with Gasteiger partial charge < -0.3 is 14.8 Å². The molecule has 3 aromatic rings. The molecular formula is C23H24N2O3S. The number of nitrogens with one attached hydrogen (secondary N) is 1. The molecule has 0 unspecified atom stereocenters. The normalized spacial score (nSPS) is 10.5.